The number of furan rings is 1. The maximum absolute atomic E-state index is 11.9. The van der Waals surface area contributed by atoms with Crippen LogP contribution in [-0.2, 0) is 11.2 Å². The molecule has 0 bridgehead atoms. The van der Waals surface area contributed by atoms with Crippen molar-refractivity contribution < 1.29 is 14.0 Å². The average Bonchev–Trinajstić information content (AvgIpc) is 3.13. The van der Waals surface area contributed by atoms with Crippen LogP contribution < -0.4 is 10.6 Å². The topological polar surface area (TPSA) is 74.6 Å². The molecule has 2 N–H and O–H groups in total. The Morgan fingerprint density at radius 2 is 2.21 bits per heavy atom. The first kappa shape index (κ1) is 16.4. The number of hydrogen-bond donors (Lipinski definition) is 2. The molecule has 1 saturated heterocycles. The minimum Gasteiger partial charge on any atom is -0.461 e. The van der Waals surface area contributed by atoms with Crippen LogP contribution in [0.25, 0.3) is 11.0 Å². The number of likely N-dealkylation sites (tertiary alicyclic amines) is 1. The molecule has 1 aromatic carbocycles. The minimum atomic E-state index is -0.217. The fourth-order valence-corrected chi connectivity index (χ4v) is 3.01. The highest BCUT2D eigenvalue weighted by Crippen LogP contribution is 2.18. The van der Waals surface area contributed by atoms with E-state index in [4.69, 9.17) is 4.42 Å². The molecular formula is C18H23N3O3. The van der Waals surface area contributed by atoms with Crippen molar-refractivity contribution in [2.45, 2.75) is 32.2 Å². The van der Waals surface area contributed by atoms with Crippen molar-refractivity contribution in [1.82, 2.24) is 15.5 Å². The molecule has 3 amide bonds. The molecule has 0 radical (unpaired) electrons. The summed E-state index contributed by atoms with van der Waals surface area (Å²) >= 11 is 0. The summed E-state index contributed by atoms with van der Waals surface area (Å²) in [5, 5.41) is 6.76. The van der Waals surface area contributed by atoms with Crippen LogP contribution in [0.5, 0.6) is 0 Å². The second-order valence-corrected chi connectivity index (χ2v) is 6.25. The third kappa shape index (κ3) is 4.07. The lowest BCUT2D eigenvalue weighted by Crippen LogP contribution is -2.46. The Morgan fingerprint density at radius 1 is 1.38 bits per heavy atom. The summed E-state index contributed by atoms with van der Waals surface area (Å²) < 4.78 is 5.72. The van der Waals surface area contributed by atoms with Crippen molar-refractivity contribution in [1.29, 1.82) is 0 Å². The monoisotopic (exact) mass is 329 g/mol. The van der Waals surface area contributed by atoms with Crippen LogP contribution in [0.3, 0.4) is 0 Å². The number of para-hydroxylation sites is 1. The van der Waals surface area contributed by atoms with Crippen molar-refractivity contribution in [2.24, 2.45) is 0 Å². The molecule has 24 heavy (non-hydrogen) atoms. The molecule has 0 spiro atoms. The Kier molecular flexibility index (Phi) is 5.03. The molecule has 0 unspecified atom stereocenters. The van der Waals surface area contributed by atoms with E-state index in [9.17, 15) is 9.59 Å². The molecule has 2 aromatic rings. The van der Waals surface area contributed by atoms with E-state index in [1.165, 1.54) is 0 Å². The Morgan fingerprint density at radius 3 is 2.96 bits per heavy atom. The zero-order valence-corrected chi connectivity index (χ0v) is 13.9. The van der Waals surface area contributed by atoms with Gasteiger partial charge < -0.3 is 20.0 Å². The van der Waals surface area contributed by atoms with Crippen molar-refractivity contribution >= 4 is 22.9 Å². The van der Waals surface area contributed by atoms with Gasteiger partial charge in [-0.1, -0.05) is 18.2 Å². The summed E-state index contributed by atoms with van der Waals surface area (Å²) in [7, 11) is 0. The number of hydrogen-bond acceptors (Lipinski definition) is 3. The van der Waals surface area contributed by atoms with E-state index < -0.39 is 0 Å². The quantitative estimate of drug-likeness (QED) is 0.854. The Labute approximate surface area is 141 Å². The number of nitrogens with one attached hydrogen (secondary N) is 2. The molecule has 1 aliphatic rings. The predicted octanol–water partition coefficient (Wildman–Crippen LogP) is 2.29. The molecule has 6 nitrogen and oxygen atoms in total. The molecule has 1 aliphatic heterocycles. The number of urea groups is 1. The van der Waals surface area contributed by atoms with Crippen molar-refractivity contribution in [2.75, 3.05) is 19.6 Å². The van der Waals surface area contributed by atoms with Gasteiger partial charge in [0.2, 0.25) is 5.91 Å². The first-order chi connectivity index (χ1) is 11.6. The largest absolute Gasteiger partial charge is 0.461 e. The highest BCUT2D eigenvalue weighted by atomic mass is 16.3. The van der Waals surface area contributed by atoms with Gasteiger partial charge in [0.25, 0.3) is 0 Å². The third-order valence-electron chi connectivity index (χ3n) is 4.18. The van der Waals surface area contributed by atoms with Crippen LogP contribution in [0, 0.1) is 0 Å². The average molecular weight is 329 g/mol. The Hall–Kier alpha value is -2.50. The molecule has 1 atom stereocenters. The van der Waals surface area contributed by atoms with E-state index in [1.807, 2.05) is 37.3 Å². The SMILES string of the molecule is C[C@@H](CN1CCCC1=O)NC(=O)NCCc1cc2ccccc2o1. The maximum Gasteiger partial charge on any atom is 0.315 e. The van der Waals surface area contributed by atoms with E-state index in [0.29, 0.717) is 25.9 Å². The van der Waals surface area contributed by atoms with Crippen LogP contribution >= 0.6 is 0 Å². The molecule has 1 aromatic heterocycles. The minimum absolute atomic E-state index is 0.0711. The van der Waals surface area contributed by atoms with E-state index in [1.54, 1.807) is 4.90 Å². The summed E-state index contributed by atoms with van der Waals surface area (Å²) in [4.78, 5) is 25.3. The van der Waals surface area contributed by atoms with Gasteiger partial charge in [-0.25, -0.2) is 4.79 Å². The van der Waals surface area contributed by atoms with E-state index >= 15 is 0 Å². The number of amides is 3. The number of nitrogens with zero attached hydrogens (tertiary/aromatic N) is 1. The number of rotatable bonds is 6. The van der Waals surface area contributed by atoms with Crippen LogP contribution in [0.15, 0.2) is 34.7 Å². The van der Waals surface area contributed by atoms with Crippen LogP contribution in [0.1, 0.15) is 25.5 Å². The fraction of sp³-hybridized carbons (Fsp3) is 0.444. The van der Waals surface area contributed by atoms with E-state index in [0.717, 1.165) is 29.7 Å². The second kappa shape index (κ2) is 7.38. The summed E-state index contributed by atoms with van der Waals surface area (Å²) in [5.41, 5.74) is 0.862. The number of fused-ring (bicyclic) bond motifs is 1. The van der Waals surface area contributed by atoms with Gasteiger partial charge in [-0.3, -0.25) is 4.79 Å². The summed E-state index contributed by atoms with van der Waals surface area (Å²) in [5.74, 6) is 1.03. The summed E-state index contributed by atoms with van der Waals surface area (Å²) in [6.07, 6.45) is 2.17. The maximum atomic E-state index is 11.9. The van der Waals surface area contributed by atoms with Crippen molar-refractivity contribution in [3.8, 4) is 0 Å². The highest BCUT2D eigenvalue weighted by molar-refractivity contribution is 5.79. The van der Waals surface area contributed by atoms with Crippen LogP contribution in [0.2, 0.25) is 0 Å². The normalized spacial score (nSPS) is 15.7. The predicted molar refractivity (Wildman–Crippen MR) is 91.7 cm³/mol. The number of carbonyl (C=O) groups is 2. The third-order valence-corrected chi connectivity index (χ3v) is 4.18. The van der Waals surface area contributed by atoms with Gasteiger partial charge in [-0.15, -0.1) is 0 Å². The van der Waals surface area contributed by atoms with Gasteiger partial charge in [0.1, 0.15) is 11.3 Å². The molecule has 6 heteroatoms. The highest BCUT2D eigenvalue weighted by Gasteiger charge is 2.22. The molecule has 0 saturated carbocycles. The second-order valence-electron chi connectivity index (χ2n) is 6.25. The fourth-order valence-electron chi connectivity index (χ4n) is 3.01. The van der Waals surface area contributed by atoms with Crippen LogP contribution in [-0.4, -0.2) is 42.5 Å². The molecule has 128 valence electrons. The molecule has 3 rings (SSSR count). The van der Waals surface area contributed by atoms with E-state index in [2.05, 4.69) is 10.6 Å². The summed E-state index contributed by atoms with van der Waals surface area (Å²) in [6, 6.07) is 9.55. The number of carbonyl (C=O) groups excluding carboxylic acids is 2. The van der Waals surface area contributed by atoms with Gasteiger partial charge in [0.15, 0.2) is 0 Å². The van der Waals surface area contributed by atoms with Gasteiger partial charge in [-0.05, 0) is 25.5 Å². The smallest absolute Gasteiger partial charge is 0.315 e. The van der Waals surface area contributed by atoms with Gasteiger partial charge >= 0.3 is 6.03 Å². The lowest BCUT2D eigenvalue weighted by Gasteiger charge is -2.21. The van der Waals surface area contributed by atoms with E-state index in [-0.39, 0.29) is 18.0 Å². The van der Waals surface area contributed by atoms with Crippen molar-refractivity contribution in [3.05, 3.63) is 36.1 Å². The number of benzene rings is 1. The first-order valence-electron chi connectivity index (χ1n) is 8.41. The first-order valence-corrected chi connectivity index (χ1v) is 8.41. The van der Waals surface area contributed by atoms with Crippen molar-refractivity contribution in [3.63, 3.8) is 0 Å². The molecule has 2 heterocycles. The van der Waals surface area contributed by atoms with Gasteiger partial charge in [0, 0.05) is 43.9 Å². The molecular weight excluding hydrogens is 306 g/mol. The summed E-state index contributed by atoms with van der Waals surface area (Å²) in [6.45, 7) is 3.76. The molecule has 0 aliphatic carbocycles. The molecule has 1 fully saturated rings. The zero-order valence-electron chi connectivity index (χ0n) is 13.9. The lowest BCUT2D eigenvalue weighted by molar-refractivity contribution is -0.127. The Balaban J connectivity index is 1.39. The van der Waals surface area contributed by atoms with Crippen LogP contribution in [0.4, 0.5) is 4.79 Å². The zero-order chi connectivity index (χ0) is 16.9. The standard InChI is InChI=1S/C18H23N3O3/c1-13(12-21-10-4-7-17(21)22)20-18(23)19-9-8-15-11-14-5-2-3-6-16(14)24-15/h2-3,5-6,11,13H,4,7-10,12H2,1H3,(H2,19,20,23)/t13-/m0/s1. The Bertz CT molecular complexity index is 692. The lowest BCUT2D eigenvalue weighted by atomic mass is 10.2. The van der Waals surface area contributed by atoms with Gasteiger partial charge in [-0.2, -0.15) is 0 Å². The van der Waals surface area contributed by atoms with Gasteiger partial charge in [0.05, 0.1) is 0 Å².